The summed E-state index contributed by atoms with van der Waals surface area (Å²) in [6.07, 6.45) is 1.71. The summed E-state index contributed by atoms with van der Waals surface area (Å²) >= 11 is 1.65. The largest absolute Gasteiger partial charge is 0.488 e. The van der Waals surface area contributed by atoms with Crippen LogP contribution in [0.1, 0.15) is 20.9 Å². The smallest absolute Gasteiger partial charge is 0.251 e. The third-order valence-corrected chi connectivity index (χ3v) is 4.26. The molecule has 118 valence electrons. The van der Waals surface area contributed by atoms with Gasteiger partial charge in [0.05, 0.1) is 12.2 Å². The Kier molecular flexibility index (Phi) is 4.73. The van der Waals surface area contributed by atoms with E-state index in [1.54, 1.807) is 34.3 Å². The van der Waals surface area contributed by atoms with Gasteiger partial charge in [-0.2, -0.15) is 5.10 Å². The van der Waals surface area contributed by atoms with Gasteiger partial charge in [-0.25, -0.2) is 0 Å². The molecule has 23 heavy (non-hydrogen) atoms. The van der Waals surface area contributed by atoms with Gasteiger partial charge in [0.1, 0.15) is 12.4 Å². The number of nitrogens with one attached hydrogen (secondary N) is 1. The second kappa shape index (κ2) is 7.11. The molecule has 2 aromatic heterocycles. The fourth-order valence-electron chi connectivity index (χ4n) is 2.12. The van der Waals surface area contributed by atoms with Crippen molar-refractivity contribution in [1.29, 1.82) is 0 Å². The topological polar surface area (TPSA) is 56.2 Å². The third kappa shape index (κ3) is 3.98. The van der Waals surface area contributed by atoms with Crippen LogP contribution in [0.2, 0.25) is 0 Å². The Morgan fingerprint density at radius 3 is 2.96 bits per heavy atom. The van der Waals surface area contributed by atoms with Crippen LogP contribution in [0.15, 0.2) is 54.0 Å². The number of carbonyl (C=O) groups is 1. The summed E-state index contributed by atoms with van der Waals surface area (Å²) < 4.78 is 7.46. The van der Waals surface area contributed by atoms with Gasteiger partial charge in [-0.1, -0.05) is 12.1 Å². The van der Waals surface area contributed by atoms with Crippen molar-refractivity contribution in [3.05, 3.63) is 70.2 Å². The highest BCUT2D eigenvalue weighted by atomic mass is 32.1. The van der Waals surface area contributed by atoms with E-state index < -0.39 is 0 Å². The summed E-state index contributed by atoms with van der Waals surface area (Å²) in [4.78, 5) is 13.4. The summed E-state index contributed by atoms with van der Waals surface area (Å²) in [5.74, 6) is 0.555. The molecule has 0 fully saturated rings. The summed E-state index contributed by atoms with van der Waals surface area (Å²) in [6.45, 7) is 0.952. The fourth-order valence-corrected chi connectivity index (χ4v) is 2.74. The zero-order chi connectivity index (χ0) is 16.1. The van der Waals surface area contributed by atoms with E-state index in [1.807, 2.05) is 42.8 Å². The van der Waals surface area contributed by atoms with E-state index in [-0.39, 0.29) is 5.91 Å². The monoisotopic (exact) mass is 327 g/mol. The molecule has 3 rings (SSSR count). The summed E-state index contributed by atoms with van der Waals surface area (Å²) in [5.41, 5.74) is 1.53. The summed E-state index contributed by atoms with van der Waals surface area (Å²) in [6, 6.07) is 13.1. The molecule has 6 heteroatoms. The average molecular weight is 327 g/mol. The average Bonchev–Trinajstić information content (AvgIpc) is 3.22. The lowest BCUT2D eigenvalue weighted by molar-refractivity contribution is 0.0949. The molecule has 1 N–H and O–H groups in total. The minimum atomic E-state index is -0.132. The first kappa shape index (κ1) is 15.3. The van der Waals surface area contributed by atoms with Crippen LogP contribution in [0.5, 0.6) is 5.75 Å². The SMILES string of the molecule is Cn1nccc1CNC(=O)c1cccc(OCc2cccs2)c1. The molecule has 5 nitrogen and oxygen atoms in total. The Morgan fingerprint density at radius 1 is 1.30 bits per heavy atom. The number of nitrogens with zero attached hydrogens (tertiary/aromatic N) is 2. The highest BCUT2D eigenvalue weighted by Crippen LogP contribution is 2.17. The van der Waals surface area contributed by atoms with Crippen LogP contribution in [-0.4, -0.2) is 15.7 Å². The summed E-state index contributed by atoms with van der Waals surface area (Å²) in [7, 11) is 1.85. The molecule has 0 aliphatic rings. The molecule has 0 atom stereocenters. The van der Waals surface area contributed by atoms with E-state index in [0.29, 0.717) is 24.5 Å². The first-order chi connectivity index (χ1) is 11.2. The molecule has 0 saturated carbocycles. The van der Waals surface area contributed by atoms with Crippen LogP contribution in [0.4, 0.5) is 0 Å². The van der Waals surface area contributed by atoms with Crippen molar-refractivity contribution < 1.29 is 9.53 Å². The number of ether oxygens (including phenoxy) is 1. The van der Waals surface area contributed by atoms with Crippen molar-refractivity contribution >= 4 is 17.2 Å². The van der Waals surface area contributed by atoms with E-state index in [1.165, 1.54) is 0 Å². The van der Waals surface area contributed by atoms with Crippen molar-refractivity contribution in [2.24, 2.45) is 7.05 Å². The molecular weight excluding hydrogens is 310 g/mol. The van der Waals surface area contributed by atoms with Gasteiger partial charge < -0.3 is 10.1 Å². The lowest BCUT2D eigenvalue weighted by Crippen LogP contribution is -2.24. The number of amides is 1. The molecule has 0 unspecified atom stereocenters. The fraction of sp³-hybridized carbons (Fsp3) is 0.176. The van der Waals surface area contributed by atoms with Crippen LogP contribution in [0.3, 0.4) is 0 Å². The van der Waals surface area contributed by atoms with Gasteiger partial charge in [0, 0.05) is 23.7 Å². The number of hydrogen-bond donors (Lipinski definition) is 1. The highest BCUT2D eigenvalue weighted by Gasteiger charge is 2.08. The van der Waals surface area contributed by atoms with Crippen molar-refractivity contribution in [1.82, 2.24) is 15.1 Å². The van der Waals surface area contributed by atoms with Gasteiger partial charge in [0.2, 0.25) is 0 Å². The molecule has 0 aliphatic carbocycles. The number of thiophene rings is 1. The number of rotatable bonds is 6. The first-order valence-corrected chi connectivity index (χ1v) is 8.10. The Morgan fingerprint density at radius 2 is 2.22 bits per heavy atom. The normalized spacial score (nSPS) is 10.5. The molecule has 3 aromatic rings. The lowest BCUT2D eigenvalue weighted by atomic mass is 10.2. The van der Waals surface area contributed by atoms with Crippen LogP contribution in [0, 0.1) is 0 Å². The minimum absolute atomic E-state index is 0.132. The number of hydrogen-bond acceptors (Lipinski definition) is 4. The Balaban J connectivity index is 1.59. The maximum Gasteiger partial charge on any atom is 0.251 e. The molecule has 1 amide bonds. The van der Waals surface area contributed by atoms with E-state index in [4.69, 9.17) is 4.74 Å². The zero-order valence-electron chi connectivity index (χ0n) is 12.7. The predicted octanol–water partition coefficient (Wildman–Crippen LogP) is 2.99. The van der Waals surface area contributed by atoms with E-state index in [0.717, 1.165) is 10.6 Å². The molecular formula is C17H17N3O2S. The second-order valence-electron chi connectivity index (χ2n) is 5.02. The van der Waals surface area contributed by atoms with Crippen LogP contribution in [0.25, 0.3) is 0 Å². The van der Waals surface area contributed by atoms with Crippen molar-refractivity contribution in [3.63, 3.8) is 0 Å². The predicted molar refractivity (Wildman–Crippen MR) is 89.5 cm³/mol. The van der Waals surface area contributed by atoms with Gasteiger partial charge in [0.15, 0.2) is 0 Å². The summed E-state index contributed by atoms with van der Waals surface area (Å²) in [5, 5.41) is 8.98. The number of aromatic nitrogens is 2. The zero-order valence-corrected chi connectivity index (χ0v) is 13.5. The maximum absolute atomic E-state index is 12.2. The van der Waals surface area contributed by atoms with Crippen LogP contribution in [-0.2, 0) is 20.2 Å². The molecule has 0 aliphatic heterocycles. The molecule has 1 aromatic carbocycles. The Hall–Kier alpha value is -2.60. The quantitative estimate of drug-likeness (QED) is 0.757. The van der Waals surface area contributed by atoms with Crippen molar-refractivity contribution in [3.8, 4) is 5.75 Å². The molecule has 0 saturated heterocycles. The van der Waals surface area contributed by atoms with Gasteiger partial charge in [-0.15, -0.1) is 11.3 Å². The van der Waals surface area contributed by atoms with Gasteiger partial charge in [0.25, 0.3) is 5.91 Å². The van der Waals surface area contributed by atoms with Gasteiger partial charge in [-0.05, 0) is 35.7 Å². The van der Waals surface area contributed by atoms with Crippen LogP contribution < -0.4 is 10.1 Å². The molecule has 0 radical (unpaired) electrons. The van der Waals surface area contributed by atoms with Crippen molar-refractivity contribution in [2.75, 3.05) is 0 Å². The molecule has 2 heterocycles. The molecule has 0 spiro atoms. The molecule has 0 bridgehead atoms. The van der Waals surface area contributed by atoms with E-state index in [2.05, 4.69) is 10.4 Å². The number of carbonyl (C=O) groups excluding carboxylic acids is 1. The number of benzene rings is 1. The standard InChI is InChI=1S/C17H17N3O2S/c1-20-14(7-8-19-20)11-18-17(21)13-4-2-5-15(10-13)22-12-16-6-3-9-23-16/h2-10H,11-12H2,1H3,(H,18,21). The lowest BCUT2D eigenvalue weighted by Gasteiger charge is -2.08. The van der Waals surface area contributed by atoms with E-state index in [9.17, 15) is 4.79 Å². The van der Waals surface area contributed by atoms with Crippen LogP contribution >= 0.6 is 11.3 Å². The maximum atomic E-state index is 12.2. The Labute approximate surface area is 138 Å². The third-order valence-electron chi connectivity index (χ3n) is 3.41. The second-order valence-corrected chi connectivity index (χ2v) is 6.06. The highest BCUT2D eigenvalue weighted by molar-refractivity contribution is 7.09. The Bertz CT molecular complexity index is 781. The number of aryl methyl sites for hydroxylation is 1. The minimum Gasteiger partial charge on any atom is -0.488 e. The van der Waals surface area contributed by atoms with Gasteiger partial charge >= 0.3 is 0 Å². The van der Waals surface area contributed by atoms with Gasteiger partial charge in [-0.3, -0.25) is 9.48 Å². The van der Waals surface area contributed by atoms with E-state index >= 15 is 0 Å². The van der Waals surface area contributed by atoms with Crippen molar-refractivity contribution in [2.45, 2.75) is 13.2 Å². The first-order valence-electron chi connectivity index (χ1n) is 7.23.